The van der Waals surface area contributed by atoms with Gasteiger partial charge < -0.3 is 21.1 Å². The van der Waals surface area contributed by atoms with E-state index in [1.807, 2.05) is 6.92 Å². The van der Waals surface area contributed by atoms with Gasteiger partial charge in [-0.1, -0.05) is 12.7 Å². The van der Waals surface area contributed by atoms with Crippen LogP contribution in [0, 0.1) is 0 Å². The first-order valence-corrected chi connectivity index (χ1v) is 7.40. The number of aliphatic hydroxyl groups excluding tert-OH is 1. The third kappa shape index (κ3) is 4.21. The van der Waals surface area contributed by atoms with Crippen molar-refractivity contribution in [3.05, 3.63) is 35.6 Å². The highest BCUT2D eigenvalue weighted by Gasteiger charge is 2.34. The van der Waals surface area contributed by atoms with E-state index in [0.29, 0.717) is 36.2 Å². The van der Waals surface area contributed by atoms with E-state index < -0.39 is 12.3 Å². The standard InChI is InChI=1S/C16H25N3O3/c1-5-12(10(3)9-11(4)17)16(22)19(6-2)13-7-8-14(20)18-15(13)21/h5,9,13-14,20H,4,6-8,17H2,1-3H3,(H,18,21)/b10-9-,12-5+. The molecule has 1 saturated heterocycles. The molecule has 6 nitrogen and oxygen atoms in total. The molecule has 4 N–H and O–H groups in total. The molecule has 1 fully saturated rings. The fourth-order valence-electron chi connectivity index (χ4n) is 2.61. The van der Waals surface area contributed by atoms with Crippen LogP contribution in [0.1, 0.15) is 33.6 Å². The minimum atomic E-state index is -0.832. The molecule has 0 aromatic rings. The third-order valence-corrected chi connectivity index (χ3v) is 3.65. The first kappa shape index (κ1) is 18.0. The number of hydrogen-bond donors (Lipinski definition) is 3. The van der Waals surface area contributed by atoms with E-state index in [2.05, 4.69) is 11.9 Å². The van der Waals surface area contributed by atoms with Crippen LogP contribution in [0.2, 0.25) is 0 Å². The van der Waals surface area contributed by atoms with Crippen LogP contribution < -0.4 is 11.1 Å². The maximum Gasteiger partial charge on any atom is 0.254 e. The van der Waals surface area contributed by atoms with Crippen molar-refractivity contribution >= 4 is 11.8 Å². The summed E-state index contributed by atoms with van der Waals surface area (Å²) in [5.41, 5.74) is 7.12. The van der Waals surface area contributed by atoms with Gasteiger partial charge in [-0.2, -0.15) is 0 Å². The Morgan fingerprint density at radius 2 is 2.18 bits per heavy atom. The number of carbonyl (C=O) groups excluding carboxylic acids is 2. The number of nitrogens with one attached hydrogen (secondary N) is 1. The Labute approximate surface area is 131 Å². The molecule has 6 heteroatoms. The van der Waals surface area contributed by atoms with Crippen molar-refractivity contribution in [1.29, 1.82) is 0 Å². The first-order chi connectivity index (χ1) is 10.3. The van der Waals surface area contributed by atoms with Crippen molar-refractivity contribution < 1.29 is 14.7 Å². The number of carbonyl (C=O) groups is 2. The predicted octanol–water partition coefficient (Wildman–Crippen LogP) is 0.797. The number of hydrogen-bond acceptors (Lipinski definition) is 4. The normalized spacial score (nSPS) is 23.0. The second-order valence-corrected chi connectivity index (χ2v) is 5.31. The summed E-state index contributed by atoms with van der Waals surface area (Å²) in [4.78, 5) is 26.3. The summed E-state index contributed by atoms with van der Waals surface area (Å²) in [6, 6.07) is -0.565. The molecule has 1 heterocycles. The number of amides is 2. The predicted molar refractivity (Wildman–Crippen MR) is 85.4 cm³/mol. The number of nitrogens with zero attached hydrogens (tertiary/aromatic N) is 1. The van der Waals surface area contributed by atoms with Crippen LogP contribution in [-0.4, -0.2) is 40.6 Å². The SMILES string of the molecule is C=C(N)/C=C(C)\C(=C/C)C(=O)N(CC)C1CCC(O)NC1=O. The van der Waals surface area contributed by atoms with Crippen LogP contribution in [0.5, 0.6) is 0 Å². The second-order valence-electron chi connectivity index (χ2n) is 5.31. The highest BCUT2D eigenvalue weighted by Crippen LogP contribution is 2.20. The van der Waals surface area contributed by atoms with Gasteiger partial charge in [0.2, 0.25) is 5.91 Å². The molecule has 1 rings (SSSR count). The summed E-state index contributed by atoms with van der Waals surface area (Å²) in [5.74, 6) is -0.550. The number of aliphatic hydroxyl groups is 1. The van der Waals surface area contributed by atoms with Crippen molar-refractivity contribution in [2.75, 3.05) is 6.54 Å². The molecule has 22 heavy (non-hydrogen) atoms. The van der Waals surface area contributed by atoms with E-state index in [9.17, 15) is 14.7 Å². The molecule has 122 valence electrons. The third-order valence-electron chi connectivity index (χ3n) is 3.65. The van der Waals surface area contributed by atoms with E-state index in [1.54, 1.807) is 26.0 Å². The molecular weight excluding hydrogens is 282 g/mol. The summed E-state index contributed by atoms with van der Waals surface area (Å²) in [6.45, 7) is 9.38. The Morgan fingerprint density at radius 3 is 2.64 bits per heavy atom. The summed E-state index contributed by atoms with van der Waals surface area (Å²) < 4.78 is 0. The quantitative estimate of drug-likeness (QED) is 0.517. The highest BCUT2D eigenvalue weighted by atomic mass is 16.3. The Morgan fingerprint density at radius 1 is 1.55 bits per heavy atom. The summed E-state index contributed by atoms with van der Waals surface area (Å²) >= 11 is 0. The lowest BCUT2D eigenvalue weighted by Gasteiger charge is -2.35. The lowest BCUT2D eigenvalue weighted by molar-refractivity contribution is -0.142. The van der Waals surface area contributed by atoms with Crippen LogP contribution in [0.25, 0.3) is 0 Å². The van der Waals surface area contributed by atoms with E-state index in [4.69, 9.17) is 5.73 Å². The molecule has 0 aromatic carbocycles. The van der Waals surface area contributed by atoms with Gasteiger partial charge >= 0.3 is 0 Å². The minimum absolute atomic E-state index is 0.225. The van der Waals surface area contributed by atoms with Crippen molar-refractivity contribution in [1.82, 2.24) is 10.2 Å². The average molecular weight is 307 g/mol. The van der Waals surface area contributed by atoms with Crippen LogP contribution in [0.15, 0.2) is 35.6 Å². The number of piperidine rings is 1. The Balaban J connectivity index is 3.01. The Hall–Kier alpha value is -2.08. The molecular formula is C16H25N3O3. The van der Waals surface area contributed by atoms with Gasteiger partial charge in [-0.05, 0) is 45.3 Å². The maximum absolute atomic E-state index is 12.8. The van der Waals surface area contributed by atoms with Crippen LogP contribution in [0.4, 0.5) is 0 Å². The van der Waals surface area contributed by atoms with Gasteiger partial charge in [-0.15, -0.1) is 0 Å². The van der Waals surface area contributed by atoms with Crippen molar-refractivity contribution in [3.63, 3.8) is 0 Å². The number of rotatable bonds is 5. The van der Waals surface area contributed by atoms with Gasteiger partial charge in [0.25, 0.3) is 5.91 Å². The highest BCUT2D eigenvalue weighted by molar-refractivity contribution is 6.00. The molecule has 2 amide bonds. The first-order valence-electron chi connectivity index (χ1n) is 7.40. The number of allylic oxidation sites excluding steroid dienone is 2. The Kier molecular flexibility index (Phi) is 6.37. The van der Waals surface area contributed by atoms with Gasteiger partial charge in [0.15, 0.2) is 0 Å². The van der Waals surface area contributed by atoms with Crippen LogP contribution in [-0.2, 0) is 9.59 Å². The minimum Gasteiger partial charge on any atom is -0.399 e. The topological polar surface area (TPSA) is 95.7 Å². The van der Waals surface area contributed by atoms with Gasteiger partial charge in [0.1, 0.15) is 12.3 Å². The van der Waals surface area contributed by atoms with Gasteiger partial charge in [0.05, 0.1) is 0 Å². The van der Waals surface area contributed by atoms with Crippen LogP contribution >= 0.6 is 0 Å². The van der Waals surface area contributed by atoms with E-state index in [0.717, 1.165) is 0 Å². The lowest BCUT2D eigenvalue weighted by atomic mass is 10.00. The van der Waals surface area contributed by atoms with E-state index >= 15 is 0 Å². The average Bonchev–Trinajstić information content (AvgIpc) is 2.41. The lowest BCUT2D eigenvalue weighted by Crippen LogP contribution is -2.55. The van der Waals surface area contributed by atoms with Crippen molar-refractivity contribution in [3.8, 4) is 0 Å². The molecule has 0 bridgehead atoms. The van der Waals surface area contributed by atoms with Gasteiger partial charge in [0, 0.05) is 17.8 Å². The Bertz CT molecular complexity index is 523. The number of nitrogens with two attached hydrogens (primary N) is 1. The molecule has 0 spiro atoms. The zero-order chi connectivity index (χ0) is 16.9. The summed E-state index contributed by atoms with van der Waals surface area (Å²) in [6.07, 6.45) is 3.37. The van der Waals surface area contributed by atoms with Gasteiger partial charge in [-0.3, -0.25) is 9.59 Å². The smallest absolute Gasteiger partial charge is 0.254 e. The zero-order valence-corrected chi connectivity index (χ0v) is 13.4. The van der Waals surface area contributed by atoms with E-state index in [1.165, 1.54) is 4.90 Å². The maximum atomic E-state index is 12.8. The molecule has 0 aromatic heterocycles. The monoisotopic (exact) mass is 307 g/mol. The molecule has 1 aliphatic rings. The molecule has 0 aliphatic carbocycles. The summed E-state index contributed by atoms with van der Waals surface area (Å²) in [7, 11) is 0. The molecule has 0 saturated carbocycles. The number of likely N-dealkylation sites (N-methyl/N-ethyl adjacent to an activating group) is 1. The summed E-state index contributed by atoms with van der Waals surface area (Å²) in [5, 5.41) is 11.9. The van der Waals surface area contributed by atoms with Crippen LogP contribution in [0.3, 0.4) is 0 Å². The zero-order valence-electron chi connectivity index (χ0n) is 13.4. The largest absolute Gasteiger partial charge is 0.399 e. The fraction of sp³-hybridized carbons (Fsp3) is 0.500. The molecule has 2 unspecified atom stereocenters. The molecule has 1 aliphatic heterocycles. The van der Waals surface area contributed by atoms with E-state index in [-0.39, 0.29) is 11.8 Å². The van der Waals surface area contributed by atoms with Gasteiger partial charge in [-0.25, -0.2) is 0 Å². The second kappa shape index (κ2) is 7.79. The van der Waals surface area contributed by atoms with Crippen molar-refractivity contribution in [2.24, 2.45) is 5.73 Å². The van der Waals surface area contributed by atoms with Crippen molar-refractivity contribution in [2.45, 2.75) is 45.9 Å². The fourth-order valence-corrected chi connectivity index (χ4v) is 2.61. The molecule has 0 radical (unpaired) electrons. The molecule has 2 atom stereocenters.